The van der Waals surface area contributed by atoms with Crippen molar-refractivity contribution in [2.75, 3.05) is 33.4 Å². The Hall–Kier alpha value is -0.910. The maximum absolute atomic E-state index is 9.21. The van der Waals surface area contributed by atoms with Crippen molar-refractivity contribution in [2.24, 2.45) is 5.41 Å². The Kier molecular flexibility index (Phi) is 5.61. The number of hydrogen-bond donors (Lipinski definition) is 2. The van der Waals surface area contributed by atoms with Crippen molar-refractivity contribution < 1.29 is 10.2 Å². The minimum atomic E-state index is -0.413. The van der Waals surface area contributed by atoms with Crippen LogP contribution in [0.3, 0.4) is 0 Å². The van der Waals surface area contributed by atoms with Crippen molar-refractivity contribution in [1.29, 1.82) is 0 Å². The Morgan fingerprint density at radius 2 is 2.06 bits per heavy atom. The number of aliphatic hydroxyl groups is 2. The van der Waals surface area contributed by atoms with Crippen molar-refractivity contribution in [2.45, 2.75) is 19.9 Å². The fourth-order valence-electron chi connectivity index (χ4n) is 1.82. The third kappa shape index (κ3) is 4.85. The van der Waals surface area contributed by atoms with E-state index in [0.717, 1.165) is 19.5 Å². The lowest BCUT2D eigenvalue weighted by Crippen LogP contribution is -2.39. The molecule has 0 aliphatic heterocycles. The van der Waals surface area contributed by atoms with Crippen LogP contribution in [0, 0.1) is 5.41 Å². The van der Waals surface area contributed by atoms with Gasteiger partial charge in [0.05, 0.1) is 19.5 Å². The van der Waals surface area contributed by atoms with E-state index in [2.05, 4.69) is 9.88 Å². The average molecular weight is 241 g/mol. The van der Waals surface area contributed by atoms with Crippen LogP contribution in [0.1, 0.15) is 13.3 Å². The highest BCUT2D eigenvalue weighted by Crippen LogP contribution is 2.15. The lowest BCUT2D eigenvalue weighted by atomic mass is 9.92. The monoisotopic (exact) mass is 241 g/mol. The summed E-state index contributed by atoms with van der Waals surface area (Å²) in [5, 5.41) is 18.4. The number of aromatic nitrogens is 2. The summed E-state index contributed by atoms with van der Waals surface area (Å²) in [6.07, 6.45) is 6.56. The molecule has 17 heavy (non-hydrogen) atoms. The van der Waals surface area contributed by atoms with E-state index in [-0.39, 0.29) is 13.2 Å². The maximum Gasteiger partial charge on any atom is 0.0945 e. The van der Waals surface area contributed by atoms with E-state index in [1.807, 2.05) is 31.1 Å². The van der Waals surface area contributed by atoms with Gasteiger partial charge in [-0.25, -0.2) is 4.98 Å². The maximum atomic E-state index is 9.21. The summed E-state index contributed by atoms with van der Waals surface area (Å²) in [4.78, 5) is 6.13. The molecule has 98 valence electrons. The summed E-state index contributed by atoms with van der Waals surface area (Å²) < 4.78 is 2.05. The Labute approximate surface area is 103 Å². The van der Waals surface area contributed by atoms with Crippen LogP contribution in [0.2, 0.25) is 0 Å². The van der Waals surface area contributed by atoms with Gasteiger partial charge in [-0.3, -0.25) is 0 Å². The van der Waals surface area contributed by atoms with Gasteiger partial charge in [-0.1, -0.05) is 6.92 Å². The van der Waals surface area contributed by atoms with Crippen LogP contribution < -0.4 is 0 Å². The second-order valence-corrected chi connectivity index (χ2v) is 5.02. The van der Waals surface area contributed by atoms with Crippen molar-refractivity contribution >= 4 is 0 Å². The number of aliphatic hydroxyl groups excluding tert-OH is 2. The lowest BCUT2D eigenvalue weighted by molar-refractivity contribution is 0.0415. The van der Waals surface area contributed by atoms with E-state index in [0.29, 0.717) is 6.54 Å². The zero-order valence-corrected chi connectivity index (χ0v) is 10.7. The first-order valence-corrected chi connectivity index (χ1v) is 5.96. The summed E-state index contributed by atoms with van der Waals surface area (Å²) in [5.41, 5.74) is -0.413. The van der Waals surface area contributed by atoms with E-state index < -0.39 is 5.41 Å². The zero-order valence-electron chi connectivity index (χ0n) is 10.7. The number of hydrogen-bond acceptors (Lipinski definition) is 4. The van der Waals surface area contributed by atoms with Gasteiger partial charge in [-0.15, -0.1) is 0 Å². The second-order valence-electron chi connectivity index (χ2n) is 5.02. The van der Waals surface area contributed by atoms with E-state index in [4.69, 9.17) is 0 Å². The van der Waals surface area contributed by atoms with Gasteiger partial charge in [0, 0.05) is 30.9 Å². The fourth-order valence-corrected chi connectivity index (χ4v) is 1.82. The highest BCUT2D eigenvalue weighted by molar-refractivity contribution is 4.77. The van der Waals surface area contributed by atoms with Gasteiger partial charge in [0.2, 0.25) is 0 Å². The van der Waals surface area contributed by atoms with E-state index in [1.54, 1.807) is 6.20 Å². The smallest absolute Gasteiger partial charge is 0.0945 e. The highest BCUT2D eigenvalue weighted by Gasteiger charge is 2.23. The Morgan fingerprint density at radius 1 is 1.35 bits per heavy atom. The van der Waals surface area contributed by atoms with E-state index in [1.165, 1.54) is 0 Å². The quantitative estimate of drug-likeness (QED) is 0.682. The molecule has 0 aliphatic rings. The Morgan fingerprint density at radius 3 is 2.59 bits per heavy atom. The Balaban J connectivity index is 2.23. The van der Waals surface area contributed by atoms with Crippen molar-refractivity contribution in [3.8, 4) is 0 Å². The molecule has 1 heterocycles. The van der Waals surface area contributed by atoms with Crippen LogP contribution in [0.15, 0.2) is 18.7 Å². The van der Waals surface area contributed by atoms with Crippen LogP contribution in [-0.4, -0.2) is 58.0 Å². The van der Waals surface area contributed by atoms with Gasteiger partial charge in [0.1, 0.15) is 0 Å². The highest BCUT2D eigenvalue weighted by atomic mass is 16.3. The molecular formula is C12H23N3O2. The largest absolute Gasteiger partial charge is 0.396 e. The topological polar surface area (TPSA) is 61.5 Å². The van der Waals surface area contributed by atoms with Crippen LogP contribution >= 0.6 is 0 Å². The summed E-state index contributed by atoms with van der Waals surface area (Å²) >= 11 is 0. The van der Waals surface area contributed by atoms with E-state index >= 15 is 0 Å². The minimum Gasteiger partial charge on any atom is -0.396 e. The molecule has 0 fully saturated rings. The number of aryl methyl sites for hydroxylation is 1. The molecule has 1 aromatic rings. The van der Waals surface area contributed by atoms with Crippen LogP contribution in [-0.2, 0) is 6.54 Å². The van der Waals surface area contributed by atoms with Gasteiger partial charge in [-0.2, -0.15) is 0 Å². The molecule has 1 aromatic heterocycles. The van der Waals surface area contributed by atoms with Crippen molar-refractivity contribution in [3.63, 3.8) is 0 Å². The SMILES string of the molecule is CN(CCCn1ccnc1)CC(C)(CO)CO. The molecule has 2 N–H and O–H groups in total. The predicted molar refractivity (Wildman–Crippen MR) is 66.6 cm³/mol. The summed E-state index contributed by atoms with van der Waals surface area (Å²) in [5.74, 6) is 0. The van der Waals surface area contributed by atoms with Gasteiger partial charge in [-0.05, 0) is 20.0 Å². The molecule has 0 aromatic carbocycles. The molecule has 0 spiro atoms. The molecular weight excluding hydrogens is 218 g/mol. The van der Waals surface area contributed by atoms with Gasteiger partial charge in [0.25, 0.3) is 0 Å². The van der Waals surface area contributed by atoms with Gasteiger partial charge < -0.3 is 19.7 Å². The summed E-state index contributed by atoms with van der Waals surface area (Å²) in [7, 11) is 2.01. The van der Waals surface area contributed by atoms with Crippen molar-refractivity contribution in [1.82, 2.24) is 14.5 Å². The molecule has 0 bridgehead atoms. The molecule has 0 saturated carbocycles. The second kappa shape index (κ2) is 6.74. The number of rotatable bonds is 8. The minimum absolute atomic E-state index is 0.00929. The molecule has 0 atom stereocenters. The summed E-state index contributed by atoms with van der Waals surface area (Å²) in [6.45, 7) is 4.49. The first kappa shape index (κ1) is 14.2. The molecule has 0 radical (unpaired) electrons. The fraction of sp³-hybridized carbons (Fsp3) is 0.750. The molecule has 5 nitrogen and oxygen atoms in total. The predicted octanol–water partition coefficient (Wildman–Crippen LogP) is 0.196. The zero-order chi connectivity index (χ0) is 12.7. The molecule has 0 unspecified atom stereocenters. The normalized spacial score (nSPS) is 12.3. The van der Waals surface area contributed by atoms with Crippen LogP contribution in [0.25, 0.3) is 0 Å². The van der Waals surface area contributed by atoms with Gasteiger partial charge >= 0.3 is 0 Å². The molecule has 0 saturated heterocycles. The number of nitrogens with zero attached hydrogens (tertiary/aromatic N) is 3. The summed E-state index contributed by atoms with van der Waals surface area (Å²) in [6, 6.07) is 0. The standard InChI is InChI=1S/C12H23N3O2/c1-12(9-16,10-17)8-14(2)5-3-6-15-7-4-13-11-15/h4,7,11,16-17H,3,5-6,8-10H2,1-2H3. The third-order valence-electron chi connectivity index (χ3n) is 2.93. The molecule has 0 aliphatic carbocycles. The third-order valence-corrected chi connectivity index (χ3v) is 2.93. The van der Waals surface area contributed by atoms with Crippen molar-refractivity contribution in [3.05, 3.63) is 18.7 Å². The average Bonchev–Trinajstić information content (AvgIpc) is 2.82. The first-order chi connectivity index (χ1) is 8.09. The van der Waals surface area contributed by atoms with Gasteiger partial charge in [0.15, 0.2) is 0 Å². The first-order valence-electron chi connectivity index (χ1n) is 5.96. The molecule has 1 rings (SSSR count). The molecule has 0 amide bonds. The number of imidazole rings is 1. The van der Waals surface area contributed by atoms with Crippen LogP contribution in [0.5, 0.6) is 0 Å². The van der Waals surface area contributed by atoms with Crippen LogP contribution in [0.4, 0.5) is 0 Å². The lowest BCUT2D eigenvalue weighted by Gasteiger charge is -2.30. The molecule has 5 heteroatoms. The van der Waals surface area contributed by atoms with E-state index in [9.17, 15) is 10.2 Å². The Bertz CT molecular complexity index is 297.